The predicted molar refractivity (Wildman–Crippen MR) is 98.5 cm³/mol. The Kier molecular flexibility index (Phi) is 4.69. The zero-order valence-corrected chi connectivity index (χ0v) is 16.9. The number of ether oxygens (including phenoxy) is 1. The first-order chi connectivity index (χ1) is 11.4. The Morgan fingerprint density at radius 2 is 1.60 bits per heavy atom. The largest absolute Gasteiger partial charge is 0.461 e. The summed E-state index contributed by atoms with van der Waals surface area (Å²) in [6.45, 7) is 15.8. The van der Waals surface area contributed by atoms with E-state index in [1.54, 1.807) is 0 Å². The third-order valence-corrected chi connectivity index (χ3v) is 6.31. The van der Waals surface area contributed by atoms with Crippen LogP contribution >= 0.6 is 0 Å². The molecule has 0 unspecified atom stereocenters. The highest BCUT2D eigenvalue weighted by Crippen LogP contribution is 2.57. The summed E-state index contributed by atoms with van der Waals surface area (Å²) >= 11 is 0. The molecule has 3 aliphatic rings. The van der Waals surface area contributed by atoms with Gasteiger partial charge in [0.15, 0.2) is 0 Å². The Hall–Kier alpha value is -0.745. The van der Waals surface area contributed by atoms with Crippen molar-refractivity contribution in [3.05, 3.63) is 0 Å². The lowest BCUT2D eigenvalue weighted by Crippen LogP contribution is -2.42. The zero-order valence-electron chi connectivity index (χ0n) is 16.9. The van der Waals surface area contributed by atoms with Gasteiger partial charge in [0.2, 0.25) is 0 Å². The first-order valence-corrected chi connectivity index (χ1v) is 9.73. The summed E-state index contributed by atoms with van der Waals surface area (Å²) in [7, 11) is -0.0705. The van der Waals surface area contributed by atoms with Crippen LogP contribution < -0.4 is 0 Å². The van der Waals surface area contributed by atoms with Crippen LogP contribution in [0.4, 0.5) is 4.79 Å². The zero-order chi connectivity index (χ0) is 18.6. The van der Waals surface area contributed by atoms with Gasteiger partial charge >= 0.3 is 13.2 Å². The van der Waals surface area contributed by atoms with Gasteiger partial charge in [0, 0.05) is 13.1 Å². The van der Waals surface area contributed by atoms with Gasteiger partial charge in [-0.05, 0) is 85.4 Å². The molecule has 6 heteroatoms. The number of nitrogens with zero attached hydrogens (tertiary/aromatic N) is 1. The van der Waals surface area contributed by atoms with E-state index in [1.807, 2.05) is 25.7 Å². The summed E-state index contributed by atoms with van der Waals surface area (Å²) in [5, 5.41) is 0. The first-order valence-electron chi connectivity index (χ1n) is 9.73. The number of piperidine rings is 1. The number of hydrogen-bond donors (Lipinski definition) is 0. The molecular formula is C19H34BNO4. The maximum absolute atomic E-state index is 12.2. The van der Waals surface area contributed by atoms with Crippen molar-refractivity contribution in [2.45, 2.75) is 90.3 Å². The standard InChI is InChI=1S/C19H34BNO4/c1-17(2,3)23-16(22)21-10-8-13(9-11-21)14-12-15(14)20-24-18(4,5)19(6,7)25-20/h13-15H,8-12H2,1-7H3/t14-,15+/m0/s1. The topological polar surface area (TPSA) is 48.0 Å². The van der Waals surface area contributed by atoms with Gasteiger partial charge in [-0.1, -0.05) is 0 Å². The van der Waals surface area contributed by atoms with Gasteiger partial charge in [0.1, 0.15) is 5.60 Å². The molecule has 0 spiro atoms. The summed E-state index contributed by atoms with van der Waals surface area (Å²) in [6, 6.07) is 0. The number of carbonyl (C=O) groups excluding carboxylic acids is 1. The molecule has 142 valence electrons. The van der Waals surface area contributed by atoms with E-state index in [2.05, 4.69) is 27.7 Å². The molecule has 1 saturated carbocycles. The van der Waals surface area contributed by atoms with Crippen molar-refractivity contribution in [1.29, 1.82) is 0 Å². The van der Waals surface area contributed by atoms with E-state index < -0.39 is 5.60 Å². The van der Waals surface area contributed by atoms with Crippen LogP contribution in [-0.4, -0.2) is 48.0 Å². The fraction of sp³-hybridized carbons (Fsp3) is 0.947. The van der Waals surface area contributed by atoms with Gasteiger partial charge in [-0.3, -0.25) is 0 Å². The van der Waals surface area contributed by atoms with E-state index in [-0.39, 0.29) is 24.4 Å². The first kappa shape index (κ1) is 19.0. The third kappa shape index (κ3) is 4.00. The van der Waals surface area contributed by atoms with Gasteiger partial charge in [-0.25, -0.2) is 4.79 Å². The Labute approximate surface area is 152 Å². The highest BCUT2D eigenvalue weighted by Gasteiger charge is 2.60. The van der Waals surface area contributed by atoms with Crippen LogP contribution in [0, 0.1) is 11.8 Å². The molecule has 0 aromatic rings. The molecule has 1 aliphatic carbocycles. The SMILES string of the molecule is CC(C)(C)OC(=O)N1CCC([C@@H]2C[C@H]2B2OC(C)(C)C(C)(C)O2)CC1. The van der Waals surface area contributed by atoms with Gasteiger partial charge in [0.25, 0.3) is 0 Å². The van der Waals surface area contributed by atoms with Gasteiger partial charge in [-0.2, -0.15) is 0 Å². The molecule has 0 bridgehead atoms. The molecule has 5 nitrogen and oxygen atoms in total. The van der Waals surface area contributed by atoms with Gasteiger partial charge in [0.05, 0.1) is 11.2 Å². The average Bonchev–Trinajstić information content (AvgIpc) is 3.20. The minimum atomic E-state index is -0.424. The highest BCUT2D eigenvalue weighted by molar-refractivity contribution is 6.48. The predicted octanol–water partition coefficient (Wildman–Crippen LogP) is 4.12. The monoisotopic (exact) mass is 351 g/mol. The summed E-state index contributed by atoms with van der Waals surface area (Å²) in [6.07, 6.45) is 3.12. The van der Waals surface area contributed by atoms with E-state index in [0.717, 1.165) is 25.9 Å². The summed E-state index contributed by atoms with van der Waals surface area (Å²) < 4.78 is 17.9. The molecule has 0 N–H and O–H groups in total. The minimum Gasteiger partial charge on any atom is -0.444 e. The molecule has 1 amide bonds. The van der Waals surface area contributed by atoms with Crippen LogP contribution in [0.25, 0.3) is 0 Å². The second-order valence-electron chi connectivity index (χ2n) is 9.99. The van der Waals surface area contributed by atoms with Crippen LogP contribution in [0.1, 0.15) is 67.7 Å². The minimum absolute atomic E-state index is 0.0705. The Morgan fingerprint density at radius 3 is 2.08 bits per heavy atom. The molecule has 2 saturated heterocycles. The fourth-order valence-corrected chi connectivity index (χ4v) is 3.99. The smallest absolute Gasteiger partial charge is 0.444 e. The molecule has 0 radical (unpaired) electrons. The summed E-state index contributed by atoms with van der Waals surface area (Å²) in [4.78, 5) is 14.0. The lowest BCUT2D eigenvalue weighted by molar-refractivity contribution is 0.00578. The maximum Gasteiger partial charge on any atom is 0.461 e. The van der Waals surface area contributed by atoms with Crippen molar-refractivity contribution in [2.75, 3.05) is 13.1 Å². The number of amides is 1. The van der Waals surface area contributed by atoms with Crippen molar-refractivity contribution in [3.63, 3.8) is 0 Å². The summed E-state index contributed by atoms with van der Waals surface area (Å²) in [5.74, 6) is 1.86. The maximum atomic E-state index is 12.2. The van der Waals surface area contributed by atoms with Gasteiger partial charge < -0.3 is 18.9 Å². The van der Waals surface area contributed by atoms with Crippen molar-refractivity contribution in [1.82, 2.24) is 4.90 Å². The van der Waals surface area contributed by atoms with Crippen LogP contribution in [-0.2, 0) is 14.0 Å². The lowest BCUT2D eigenvalue weighted by atomic mass is 9.77. The van der Waals surface area contributed by atoms with Crippen molar-refractivity contribution >= 4 is 13.2 Å². The molecule has 25 heavy (non-hydrogen) atoms. The van der Waals surface area contributed by atoms with Crippen molar-refractivity contribution < 1.29 is 18.8 Å². The van der Waals surface area contributed by atoms with Crippen LogP contribution in [0.3, 0.4) is 0 Å². The summed E-state index contributed by atoms with van der Waals surface area (Å²) in [5.41, 5.74) is -0.915. The Balaban J connectivity index is 1.47. The van der Waals surface area contributed by atoms with E-state index >= 15 is 0 Å². The van der Waals surface area contributed by atoms with Gasteiger partial charge in [-0.15, -0.1) is 0 Å². The molecule has 2 atom stereocenters. The number of carbonyl (C=O) groups is 1. The van der Waals surface area contributed by atoms with Crippen LogP contribution in [0.5, 0.6) is 0 Å². The lowest BCUT2D eigenvalue weighted by Gasteiger charge is -2.33. The second kappa shape index (κ2) is 6.16. The Bertz CT molecular complexity index is 504. The molecule has 3 fully saturated rings. The molecule has 2 aliphatic heterocycles. The fourth-order valence-electron chi connectivity index (χ4n) is 3.99. The molecule has 0 aromatic carbocycles. The number of rotatable bonds is 2. The van der Waals surface area contributed by atoms with Crippen molar-refractivity contribution in [2.24, 2.45) is 11.8 Å². The Morgan fingerprint density at radius 1 is 1.08 bits per heavy atom. The van der Waals surface area contributed by atoms with Crippen molar-refractivity contribution in [3.8, 4) is 0 Å². The molecular weight excluding hydrogens is 317 g/mol. The normalized spacial score (nSPS) is 32.0. The average molecular weight is 351 g/mol. The second-order valence-corrected chi connectivity index (χ2v) is 9.99. The molecule has 3 rings (SSSR count). The highest BCUT2D eigenvalue weighted by atomic mass is 16.7. The number of hydrogen-bond acceptors (Lipinski definition) is 4. The van der Waals surface area contributed by atoms with E-state index in [4.69, 9.17) is 14.0 Å². The number of likely N-dealkylation sites (tertiary alicyclic amines) is 1. The van der Waals surface area contributed by atoms with Crippen LogP contribution in [0.15, 0.2) is 0 Å². The third-order valence-electron chi connectivity index (χ3n) is 6.31. The van der Waals surface area contributed by atoms with E-state index in [9.17, 15) is 4.79 Å². The molecule has 0 aromatic heterocycles. The quantitative estimate of drug-likeness (QED) is 0.703. The van der Waals surface area contributed by atoms with Crippen LogP contribution in [0.2, 0.25) is 5.82 Å². The van der Waals surface area contributed by atoms with E-state index in [0.29, 0.717) is 17.7 Å². The molecule has 2 heterocycles. The van der Waals surface area contributed by atoms with E-state index in [1.165, 1.54) is 6.42 Å².